The third-order valence-corrected chi connectivity index (χ3v) is 7.55. The molecule has 5 rings (SSSR count). The molecule has 0 aliphatic carbocycles. The zero-order valence-corrected chi connectivity index (χ0v) is 23.0. The molecule has 1 aliphatic heterocycles. The minimum Gasteiger partial charge on any atom is -0.297 e. The molecule has 1 aliphatic rings. The molecule has 1 aromatic heterocycles. The third-order valence-electron chi connectivity index (χ3n) is 7.55. The van der Waals surface area contributed by atoms with Crippen molar-refractivity contribution in [2.75, 3.05) is 32.7 Å². The maximum absolute atomic E-state index is 4.62. The molecule has 1 fully saturated rings. The van der Waals surface area contributed by atoms with E-state index in [0.29, 0.717) is 5.92 Å². The van der Waals surface area contributed by atoms with E-state index in [2.05, 4.69) is 138 Å². The van der Waals surface area contributed by atoms with E-state index in [0.717, 1.165) is 44.2 Å². The number of piperazine rings is 1. The first-order valence-corrected chi connectivity index (χ1v) is 13.6. The minimum absolute atomic E-state index is 0.0211. The molecule has 3 aromatic carbocycles. The Bertz CT molecular complexity index is 1330. The second-order valence-electron chi connectivity index (χ2n) is 10.6. The van der Waals surface area contributed by atoms with Crippen molar-refractivity contribution in [3.05, 3.63) is 113 Å². The highest BCUT2D eigenvalue weighted by atomic mass is 15.6. The van der Waals surface area contributed by atoms with Crippen molar-refractivity contribution >= 4 is 6.08 Å². The number of rotatable bonds is 8. The average molecular weight is 507 g/mol. The van der Waals surface area contributed by atoms with E-state index in [9.17, 15) is 0 Å². The smallest absolute Gasteiger partial charge is 0.178 e. The maximum atomic E-state index is 4.62. The Morgan fingerprint density at radius 3 is 2.11 bits per heavy atom. The number of tetrazole rings is 1. The van der Waals surface area contributed by atoms with Crippen LogP contribution in [0.4, 0.5) is 0 Å². The van der Waals surface area contributed by atoms with Crippen molar-refractivity contribution < 1.29 is 0 Å². The van der Waals surface area contributed by atoms with Gasteiger partial charge in [-0.3, -0.25) is 9.80 Å². The second-order valence-corrected chi connectivity index (χ2v) is 10.6. The van der Waals surface area contributed by atoms with Crippen LogP contribution in [-0.4, -0.2) is 62.7 Å². The summed E-state index contributed by atoms with van der Waals surface area (Å²) in [5.74, 6) is 1.37. The van der Waals surface area contributed by atoms with Crippen molar-refractivity contribution in [1.29, 1.82) is 0 Å². The van der Waals surface area contributed by atoms with Gasteiger partial charge in [-0.05, 0) is 58.0 Å². The van der Waals surface area contributed by atoms with Crippen LogP contribution in [0.5, 0.6) is 0 Å². The van der Waals surface area contributed by atoms with Crippen molar-refractivity contribution in [3.8, 4) is 5.69 Å². The molecule has 0 unspecified atom stereocenters. The van der Waals surface area contributed by atoms with Crippen LogP contribution in [0.25, 0.3) is 11.8 Å². The van der Waals surface area contributed by atoms with Crippen molar-refractivity contribution in [1.82, 2.24) is 30.0 Å². The van der Waals surface area contributed by atoms with Crippen LogP contribution in [0.15, 0.2) is 78.9 Å². The van der Waals surface area contributed by atoms with Gasteiger partial charge in [0.15, 0.2) is 5.82 Å². The highest BCUT2D eigenvalue weighted by Crippen LogP contribution is 2.31. The summed E-state index contributed by atoms with van der Waals surface area (Å²) in [5.41, 5.74) is 7.23. The molecule has 1 atom stereocenters. The van der Waals surface area contributed by atoms with E-state index in [4.69, 9.17) is 0 Å². The summed E-state index contributed by atoms with van der Waals surface area (Å²) in [4.78, 5) is 5.06. The van der Waals surface area contributed by atoms with E-state index in [1.54, 1.807) is 0 Å². The van der Waals surface area contributed by atoms with Crippen LogP contribution in [0.2, 0.25) is 0 Å². The van der Waals surface area contributed by atoms with Gasteiger partial charge in [-0.15, -0.1) is 5.10 Å². The predicted molar refractivity (Wildman–Crippen MR) is 154 cm³/mol. The lowest BCUT2D eigenvalue weighted by Crippen LogP contribution is -2.48. The highest BCUT2D eigenvalue weighted by molar-refractivity contribution is 5.49. The van der Waals surface area contributed by atoms with Crippen LogP contribution in [0.3, 0.4) is 0 Å². The van der Waals surface area contributed by atoms with E-state index in [1.807, 2.05) is 4.68 Å². The van der Waals surface area contributed by atoms with Gasteiger partial charge in [0.2, 0.25) is 0 Å². The Labute approximate surface area is 226 Å². The largest absolute Gasteiger partial charge is 0.297 e. The number of hydrogen-bond acceptors (Lipinski definition) is 5. The lowest BCUT2D eigenvalue weighted by Gasteiger charge is -2.38. The fraction of sp³-hybridized carbons (Fsp3) is 0.344. The first-order chi connectivity index (χ1) is 18.5. The van der Waals surface area contributed by atoms with Crippen LogP contribution in [-0.2, 0) is 0 Å². The Morgan fingerprint density at radius 2 is 1.45 bits per heavy atom. The molecule has 0 radical (unpaired) electrons. The Hall–Kier alpha value is -3.61. The summed E-state index contributed by atoms with van der Waals surface area (Å²) in [5, 5.41) is 13.3. The van der Waals surface area contributed by atoms with Gasteiger partial charge in [-0.1, -0.05) is 98.8 Å². The molecule has 6 heteroatoms. The molecule has 0 amide bonds. The van der Waals surface area contributed by atoms with Gasteiger partial charge >= 0.3 is 0 Å². The summed E-state index contributed by atoms with van der Waals surface area (Å²) >= 11 is 0. The van der Waals surface area contributed by atoms with Gasteiger partial charge in [0.05, 0.1) is 11.7 Å². The van der Waals surface area contributed by atoms with Crippen LogP contribution < -0.4 is 0 Å². The van der Waals surface area contributed by atoms with Crippen LogP contribution in [0, 0.1) is 13.8 Å². The van der Waals surface area contributed by atoms with Crippen molar-refractivity contribution in [2.24, 2.45) is 0 Å². The van der Waals surface area contributed by atoms with Gasteiger partial charge < -0.3 is 0 Å². The Kier molecular flexibility index (Phi) is 8.11. The number of benzene rings is 3. The number of aromatic nitrogens is 4. The molecule has 38 heavy (non-hydrogen) atoms. The molecular weight excluding hydrogens is 468 g/mol. The van der Waals surface area contributed by atoms with Crippen molar-refractivity contribution in [3.63, 3.8) is 0 Å². The molecule has 4 aromatic rings. The van der Waals surface area contributed by atoms with Gasteiger partial charge in [-0.2, -0.15) is 4.68 Å². The van der Waals surface area contributed by atoms with E-state index in [-0.39, 0.29) is 6.04 Å². The van der Waals surface area contributed by atoms with Gasteiger partial charge in [-0.25, -0.2) is 0 Å². The summed E-state index contributed by atoms with van der Waals surface area (Å²) < 4.78 is 1.96. The molecular formula is C32H38N6. The lowest BCUT2D eigenvalue weighted by atomic mass is 9.97. The fourth-order valence-electron chi connectivity index (χ4n) is 5.36. The number of nitrogens with zero attached hydrogens (tertiary/aromatic N) is 6. The molecule has 0 N–H and O–H groups in total. The van der Waals surface area contributed by atoms with Gasteiger partial charge in [0.25, 0.3) is 0 Å². The second kappa shape index (κ2) is 11.8. The first kappa shape index (κ1) is 26.0. The molecule has 0 bridgehead atoms. The monoisotopic (exact) mass is 506 g/mol. The first-order valence-electron chi connectivity index (χ1n) is 13.6. The highest BCUT2D eigenvalue weighted by Gasteiger charge is 2.31. The van der Waals surface area contributed by atoms with Crippen molar-refractivity contribution in [2.45, 2.75) is 39.7 Å². The molecule has 6 nitrogen and oxygen atoms in total. The Morgan fingerprint density at radius 1 is 0.789 bits per heavy atom. The van der Waals surface area contributed by atoms with E-state index in [1.165, 1.54) is 27.8 Å². The van der Waals surface area contributed by atoms with Crippen LogP contribution in [0.1, 0.15) is 59.4 Å². The zero-order valence-electron chi connectivity index (χ0n) is 23.0. The topological polar surface area (TPSA) is 50.1 Å². The van der Waals surface area contributed by atoms with E-state index >= 15 is 0 Å². The summed E-state index contributed by atoms with van der Waals surface area (Å²) in [6.45, 7) is 13.6. The zero-order chi connectivity index (χ0) is 26.5. The molecule has 2 heterocycles. The molecule has 1 saturated heterocycles. The number of aryl methyl sites for hydroxylation is 2. The fourth-order valence-corrected chi connectivity index (χ4v) is 5.36. The molecule has 0 saturated carbocycles. The minimum atomic E-state index is -0.0211. The molecule has 196 valence electrons. The van der Waals surface area contributed by atoms with Gasteiger partial charge in [0.1, 0.15) is 0 Å². The lowest BCUT2D eigenvalue weighted by molar-refractivity contribution is 0.113. The quantitative estimate of drug-likeness (QED) is 0.301. The maximum Gasteiger partial charge on any atom is 0.178 e. The average Bonchev–Trinajstić information content (AvgIpc) is 3.39. The van der Waals surface area contributed by atoms with Crippen LogP contribution >= 0.6 is 0 Å². The summed E-state index contributed by atoms with van der Waals surface area (Å²) in [7, 11) is 0. The molecule has 0 spiro atoms. The summed E-state index contributed by atoms with van der Waals surface area (Å²) in [6, 6.07) is 25.9. The summed E-state index contributed by atoms with van der Waals surface area (Å²) in [6.07, 6.45) is 4.48. The van der Waals surface area contributed by atoms with E-state index < -0.39 is 0 Å². The number of para-hydroxylation sites is 1. The standard InChI is InChI=1S/C32H38N6/c1-24(2)28-15-17-29(18-16-28)31(32-33-34-35-38(32)30-25(3)10-8-11-26(30)4)37-22-20-36(21-23-37)19-9-14-27-12-6-5-7-13-27/h5-18,24,31H,19-23H2,1-4H3/t31-/m1/s1. The third kappa shape index (κ3) is 5.77. The number of hydrogen-bond donors (Lipinski definition) is 0. The Balaban J connectivity index is 1.40. The predicted octanol–water partition coefficient (Wildman–Crippen LogP) is 5.82. The normalized spacial score (nSPS) is 15.9. The van der Waals surface area contributed by atoms with Gasteiger partial charge in [0, 0.05) is 32.7 Å². The SMILES string of the molecule is Cc1cccc(C)c1-n1nnnc1[C@@H](c1ccc(C(C)C)cc1)N1CCN(CC=Cc2ccccc2)CC1.